The fourth-order valence-corrected chi connectivity index (χ4v) is 3.00. The predicted octanol–water partition coefficient (Wildman–Crippen LogP) is 1.01. The fourth-order valence-electron chi connectivity index (χ4n) is 2.32. The van der Waals surface area contributed by atoms with Crippen LogP contribution in [0.15, 0.2) is 0 Å². The molecule has 2 unspecified atom stereocenters. The minimum atomic E-state index is -0.783. The van der Waals surface area contributed by atoms with Crippen molar-refractivity contribution in [3.05, 3.63) is 0 Å². The van der Waals surface area contributed by atoms with Gasteiger partial charge in [0.2, 0.25) is 17.8 Å². The van der Waals surface area contributed by atoms with Crippen molar-refractivity contribution in [1.82, 2.24) is 15.0 Å². The van der Waals surface area contributed by atoms with Crippen LogP contribution in [0.25, 0.3) is 0 Å². The molecule has 2 heterocycles. The number of aromatic nitrogens is 3. The predicted molar refractivity (Wildman–Crippen MR) is 86.9 cm³/mol. The van der Waals surface area contributed by atoms with E-state index in [0.717, 1.165) is 32.4 Å². The van der Waals surface area contributed by atoms with Crippen LogP contribution in [0.4, 0.5) is 17.8 Å². The SMILES string of the molecule is CC(CCS(C)=O)Nc1nc(N)nc(N2CCCCC2)n1. The lowest BCUT2D eigenvalue weighted by atomic mass is 10.1. The highest BCUT2D eigenvalue weighted by molar-refractivity contribution is 7.84. The number of nitrogens with zero attached hydrogens (tertiary/aromatic N) is 4. The maximum Gasteiger partial charge on any atom is 0.231 e. The van der Waals surface area contributed by atoms with Gasteiger partial charge in [0, 0.05) is 41.9 Å². The van der Waals surface area contributed by atoms with Gasteiger partial charge in [0.15, 0.2) is 0 Å². The Hall–Kier alpha value is -1.44. The largest absolute Gasteiger partial charge is 0.368 e. The molecule has 0 aliphatic carbocycles. The molecule has 0 saturated carbocycles. The van der Waals surface area contributed by atoms with E-state index in [9.17, 15) is 4.21 Å². The van der Waals surface area contributed by atoms with Crippen LogP contribution in [0.1, 0.15) is 32.6 Å². The Morgan fingerprint density at radius 2 is 2.00 bits per heavy atom. The van der Waals surface area contributed by atoms with Gasteiger partial charge in [0.1, 0.15) is 0 Å². The molecular formula is C13H24N6OS. The van der Waals surface area contributed by atoms with E-state index < -0.39 is 10.8 Å². The molecule has 1 aromatic rings. The summed E-state index contributed by atoms with van der Waals surface area (Å²) in [7, 11) is -0.783. The number of hydrogen-bond donors (Lipinski definition) is 2. The van der Waals surface area contributed by atoms with Crippen molar-refractivity contribution in [3.63, 3.8) is 0 Å². The molecule has 3 N–H and O–H groups in total. The molecule has 2 rings (SSSR count). The minimum absolute atomic E-state index is 0.143. The van der Waals surface area contributed by atoms with Crippen molar-refractivity contribution in [2.24, 2.45) is 0 Å². The third-order valence-corrected chi connectivity index (χ3v) is 4.30. The molecule has 1 aliphatic rings. The summed E-state index contributed by atoms with van der Waals surface area (Å²) in [4.78, 5) is 15.0. The van der Waals surface area contributed by atoms with Gasteiger partial charge >= 0.3 is 0 Å². The smallest absolute Gasteiger partial charge is 0.231 e. The van der Waals surface area contributed by atoms with Crippen molar-refractivity contribution in [1.29, 1.82) is 0 Å². The van der Waals surface area contributed by atoms with Crippen molar-refractivity contribution >= 4 is 28.6 Å². The first-order valence-corrected chi connectivity index (χ1v) is 9.10. The van der Waals surface area contributed by atoms with Crippen LogP contribution in [0.5, 0.6) is 0 Å². The molecule has 0 amide bonds. The van der Waals surface area contributed by atoms with Gasteiger partial charge in [-0.3, -0.25) is 4.21 Å². The van der Waals surface area contributed by atoms with Gasteiger partial charge in [-0.15, -0.1) is 0 Å². The highest BCUT2D eigenvalue weighted by Crippen LogP contribution is 2.18. The Kier molecular flexibility index (Phi) is 5.72. The van der Waals surface area contributed by atoms with E-state index in [1.54, 1.807) is 6.26 Å². The molecule has 21 heavy (non-hydrogen) atoms. The molecule has 0 bridgehead atoms. The average Bonchev–Trinajstić information content (AvgIpc) is 2.45. The lowest BCUT2D eigenvalue weighted by Crippen LogP contribution is -2.32. The van der Waals surface area contributed by atoms with E-state index in [-0.39, 0.29) is 12.0 Å². The van der Waals surface area contributed by atoms with Gasteiger partial charge in [0.25, 0.3) is 0 Å². The lowest BCUT2D eigenvalue weighted by Gasteiger charge is -2.27. The Bertz CT molecular complexity index is 492. The first-order chi connectivity index (χ1) is 10.0. The zero-order chi connectivity index (χ0) is 15.2. The van der Waals surface area contributed by atoms with Gasteiger partial charge < -0.3 is 16.0 Å². The Labute approximate surface area is 128 Å². The second-order valence-electron chi connectivity index (χ2n) is 5.48. The summed E-state index contributed by atoms with van der Waals surface area (Å²) in [6.07, 6.45) is 6.09. The summed E-state index contributed by atoms with van der Waals surface area (Å²) in [6.45, 7) is 3.95. The zero-order valence-electron chi connectivity index (χ0n) is 12.7. The number of piperidine rings is 1. The van der Waals surface area contributed by atoms with Crippen LogP contribution in [0, 0.1) is 0 Å². The Balaban J connectivity index is 2.02. The third kappa shape index (κ3) is 5.11. The van der Waals surface area contributed by atoms with E-state index in [0.29, 0.717) is 17.6 Å². The topological polar surface area (TPSA) is 97.0 Å². The number of rotatable bonds is 6. The zero-order valence-corrected chi connectivity index (χ0v) is 13.5. The van der Waals surface area contributed by atoms with Crippen LogP contribution in [-0.4, -0.2) is 50.3 Å². The van der Waals surface area contributed by atoms with Crippen molar-refractivity contribution in [3.8, 4) is 0 Å². The van der Waals surface area contributed by atoms with Gasteiger partial charge in [-0.05, 0) is 32.6 Å². The maximum atomic E-state index is 11.1. The highest BCUT2D eigenvalue weighted by atomic mass is 32.2. The van der Waals surface area contributed by atoms with E-state index >= 15 is 0 Å². The molecular weight excluding hydrogens is 288 g/mol. The Morgan fingerprint density at radius 3 is 2.67 bits per heavy atom. The fraction of sp³-hybridized carbons (Fsp3) is 0.769. The van der Waals surface area contributed by atoms with Gasteiger partial charge in [-0.1, -0.05) is 0 Å². The molecule has 1 saturated heterocycles. The summed E-state index contributed by atoms with van der Waals surface area (Å²) >= 11 is 0. The molecule has 0 spiro atoms. The van der Waals surface area contributed by atoms with E-state index in [2.05, 4.69) is 25.2 Å². The van der Waals surface area contributed by atoms with Gasteiger partial charge in [0.05, 0.1) is 0 Å². The van der Waals surface area contributed by atoms with Crippen LogP contribution in [0.3, 0.4) is 0 Å². The third-order valence-electron chi connectivity index (χ3n) is 3.49. The van der Waals surface area contributed by atoms with E-state index in [4.69, 9.17) is 5.73 Å². The second kappa shape index (κ2) is 7.53. The molecule has 7 nitrogen and oxygen atoms in total. The maximum absolute atomic E-state index is 11.1. The number of nitrogen functional groups attached to an aromatic ring is 1. The molecule has 8 heteroatoms. The molecule has 0 aromatic carbocycles. The normalized spacial score (nSPS) is 18.3. The molecule has 1 aromatic heterocycles. The first kappa shape index (κ1) is 15.9. The van der Waals surface area contributed by atoms with Crippen LogP contribution >= 0.6 is 0 Å². The monoisotopic (exact) mass is 312 g/mol. The van der Waals surface area contributed by atoms with Gasteiger partial charge in [-0.2, -0.15) is 15.0 Å². The summed E-state index contributed by atoms with van der Waals surface area (Å²) in [5.74, 6) is 2.04. The van der Waals surface area contributed by atoms with Crippen molar-refractivity contribution in [2.75, 3.05) is 41.0 Å². The molecule has 1 fully saturated rings. The van der Waals surface area contributed by atoms with Crippen LogP contribution < -0.4 is 16.0 Å². The second-order valence-corrected chi connectivity index (χ2v) is 7.03. The molecule has 1 aliphatic heterocycles. The Morgan fingerprint density at radius 1 is 1.29 bits per heavy atom. The average molecular weight is 312 g/mol. The molecule has 0 radical (unpaired) electrons. The number of hydrogen-bond acceptors (Lipinski definition) is 7. The summed E-state index contributed by atoms with van der Waals surface area (Å²) in [5, 5.41) is 3.21. The van der Waals surface area contributed by atoms with Crippen LogP contribution in [0.2, 0.25) is 0 Å². The van der Waals surface area contributed by atoms with E-state index in [1.807, 2.05) is 6.92 Å². The number of anilines is 3. The first-order valence-electron chi connectivity index (χ1n) is 7.37. The van der Waals surface area contributed by atoms with Crippen LogP contribution in [-0.2, 0) is 10.8 Å². The number of nitrogens with two attached hydrogens (primary N) is 1. The lowest BCUT2D eigenvalue weighted by molar-refractivity contribution is 0.567. The summed E-state index contributed by atoms with van der Waals surface area (Å²) in [6, 6.07) is 0.143. The van der Waals surface area contributed by atoms with Gasteiger partial charge in [-0.25, -0.2) is 0 Å². The summed E-state index contributed by atoms with van der Waals surface area (Å²) in [5.41, 5.74) is 5.79. The van der Waals surface area contributed by atoms with Crippen molar-refractivity contribution in [2.45, 2.75) is 38.6 Å². The standard InChI is InChI=1S/C13H24N6OS/c1-10(6-9-21(2)20)15-12-16-11(14)17-13(18-12)19-7-4-3-5-8-19/h10H,3-9H2,1-2H3,(H3,14,15,16,17,18). The molecule has 2 atom stereocenters. The highest BCUT2D eigenvalue weighted by Gasteiger charge is 2.16. The number of nitrogens with one attached hydrogen (secondary N) is 1. The summed E-state index contributed by atoms with van der Waals surface area (Å²) < 4.78 is 11.1. The van der Waals surface area contributed by atoms with E-state index in [1.165, 1.54) is 6.42 Å². The molecule has 118 valence electrons. The van der Waals surface area contributed by atoms with Crippen molar-refractivity contribution < 1.29 is 4.21 Å². The quantitative estimate of drug-likeness (QED) is 0.809. The minimum Gasteiger partial charge on any atom is -0.368 e.